The molecule has 2 heterocycles. The summed E-state index contributed by atoms with van der Waals surface area (Å²) in [6.07, 6.45) is -7.65. The van der Waals surface area contributed by atoms with Crippen LogP contribution < -0.4 is 81.0 Å². The van der Waals surface area contributed by atoms with E-state index in [4.69, 9.17) is 21.9 Å². The van der Waals surface area contributed by atoms with Gasteiger partial charge in [0.1, 0.15) is 66.5 Å². The monoisotopic (exact) mass is 1460 g/mol. The quantitative estimate of drug-likeness (QED) is 0.0202. The van der Waals surface area contributed by atoms with Gasteiger partial charge in [-0.25, -0.2) is 4.79 Å². The maximum Gasteiger partial charge on any atom is 0.329 e. The Kier molecular flexibility index (Phi) is 32.7. The van der Waals surface area contributed by atoms with Gasteiger partial charge in [0.05, 0.1) is 51.8 Å². The summed E-state index contributed by atoms with van der Waals surface area (Å²) >= 11 is 0. The largest absolute Gasteiger partial charge is 0.481 e. The van der Waals surface area contributed by atoms with Crippen LogP contribution in [0.5, 0.6) is 0 Å². The highest BCUT2D eigenvalue weighted by atomic mass is 16.5. The van der Waals surface area contributed by atoms with Gasteiger partial charge in [0.15, 0.2) is 5.78 Å². The predicted molar refractivity (Wildman–Crippen MR) is 355 cm³/mol. The van der Waals surface area contributed by atoms with Crippen molar-refractivity contribution in [3.8, 4) is 0 Å². The van der Waals surface area contributed by atoms with E-state index in [-0.39, 0.29) is 37.1 Å². The fraction of sp³-hybridized carbons (Fsp3) is 0.476. The fourth-order valence-corrected chi connectivity index (χ4v) is 10.3. The van der Waals surface area contributed by atoms with Crippen molar-refractivity contribution in [2.75, 3.05) is 32.0 Å². The summed E-state index contributed by atoms with van der Waals surface area (Å²) in [6, 6.07) is -8.48. The summed E-state index contributed by atoms with van der Waals surface area (Å²) < 4.78 is 5.64. The van der Waals surface area contributed by atoms with E-state index in [9.17, 15) is 117 Å². The number of anilines is 1. The second kappa shape index (κ2) is 40.3. The van der Waals surface area contributed by atoms with Crippen LogP contribution in [0.25, 0.3) is 10.9 Å². The van der Waals surface area contributed by atoms with Crippen molar-refractivity contribution in [3.05, 3.63) is 65.9 Å². The minimum Gasteiger partial charge on any atom is -0.481 e. The van der Waals surface area contributed by atoms with Gasteiger partial charge in [0.2, 0.25) is 76.8 Å². The molecule has 41 heteroatoms. The van der Waals surface area contributed by atoms with Crippen molar-refractivity contribution >= 4 is 129 Å². The van der Waals surface area contributed by atoms with E-state index in [1.54, 1.807) is 30.5 Å². The number of aromatic nitrogens is 1. The zero-order valence-corrected chi connectivity index (χ0v) is 56.5. The average Bonchev–Trinajstić information content (AvgIpc) is 1.45. The molecule has 0 bridgehead atoms. The fourth-order valence-electron chi connectivity index (χ4n) is 10.3. The second-order valence-corrected chi connectivity index (χ2v) is 24.2. The van der Waals surface area contributed by atoms with Crippen molar-refractivity contribution in [2.24, 2.45) is 23.3 Å². The van der Waals surface area contributed by atoms with Gasteiger partial charge in [-0.1, -0.05) is 44.2 Å². The first-order valence-corrected chi connectivity index (χ1v) is 32.1. The molecule has 3 aromatic rings. The Hall–Kier alpha value is -12.2. The van der Waals surface area contributed by atoms with E-state index >= 15 is 0 Å². The van der Waals surface area contributed by atoms with Gasteiger partial charge in [-0.05, 0) is 69.3 Å². The van der Waals surface area contributed by atoms with Crippen LogP contribution in [0, 0.1) is 11.8 Å². The molecule has 1 saturated heterocycles. The maximum absolute atomic E-state index is 14.7. The number of primary amides is 1. The molecule has 4 rings (SSSR count). The zero-order valence-electron chi connectivity index (χ0n) is 56.5. The van der Waals surface area contributed by atoms with Crippen molar-refractivity contribution in [1.82, 2.24) is 68.8 Å². The summed E-state index contributed by atoms with van der Waals surface area (Å²) in [5, 5.41) is 75.7. The standard InChI is InChI=1S/C63H84N16O25/c1-27(17-47(85)86)51-62(102)77-41(18-43(81)33-11-5-7-12-34(33)65)63(103)104-30(4)52(79-59(99)40(22-50(91)92)76-58(98)37(19-44(66)82)73-53(93)28(2)16-31-23-67-35-13-8-6-10-32(31)35)61(101)69-25-45(83)71-36(14-9-15-64)56(96)75-39(21-49(89)90)57(97)70-29(3)54(94)74-38(20-48(87)88)55(95)68-24-46(84)72-42(26-80)60(100)78-51/h5-8,10-13,23,27-30,36-42,51-52,67,80H,9,14-22,24-26,64-65H2,1-4H3,(H2,66,82)(H,68,95)(H,69,101)(H,70,97)(H,71,83)(H,72,84)(H,73,93)(H,74,94)(H,75,96)(H,76,98)(H,77,102)(H,78,100)(H,79,99)(H,85,86)(H,87,88)(H,89,90)(H,91,92). The molecule has 1 fully saturated rings. The number of nitrogens with two attached hydrogens (primary N) is 3. The average molecular weight is 1470 g/mol. The molecule has 41 nitrogen and oxygen atoms in total. The molecular formula is C63H84N16O25. The lowest BCUT2D eigenvalue weighted by Gasteiger charge is -2.30. The number of aromatic amines is 1. The predicted octanol–water partition coefficient (Wildman–Crippen LogP) is -7.61. The smallest absolute Gasteiger partial charge is 0.329 e. The molecule has 13 atom stereocenters. The van der Waals surface area contributed by atoms with Crippen molar-refractivity contribution in [1.29, 1.82) is 0 Å². The Balaban J connectivity index is 1.86. The number of carbonyl (C=O) groups excluding carboxylic acids is 15. The highest BCUT2D eigenvalue weighted by molar-refractivity contribution is 6.05. The molecule has 24 N–H and O–H groups in total. The molecule has 13 amide bonds. The molecule has 1 aliphatic heterocycles. The Labute approximate surface area is 590 Å². The number of cyclic esters (lactones) is 1. The van der Waals surface area contributed by atoms with Gasteiger partial charge in [-0.3, -0.25) is 86.3 Å². The summed E-state index contributed by atoms with van der Waals surface area (Å²) in [4.78, 5) is 259. The minimum atomic E-state index is -2.40. The summed E-state index contributed by atoms with van der Waals surface area (Å²) in [7, 11) is 0. The Morgan fingerprint density at radius 2 is 1.12 bits per heavy atom. The summed E-state index contributed by atoms with van der Waals surface area (Å²) in [6.45, 7) is 0.610. The molecule has 13 unspecified atom stereocenters. The van der Waals surface area contributed by atoms with E-state index in [0.717, 1.165) is 31.7 Å². The molecule has 566 valence electrons. The minimum absolute atomic E-state index is 0.0787. The lowest BCUT2D eigenvalue weighted by molar-refractivity contribution is -0.156. The summed E-state index contributed by atoms with van der Waals surface area (Å²) in [5.74, 6) is -29.4. The van der Waals surface area contributed by atoms with E-state index in [1.807, 2.05) is 16.0 Å². The van der Waals surface area contributed by atoms with Crippen LogP contribution in [-0.2, 0) is 97.5 Å². The number of rotatable bonds is 26. The van der Waals surface area contributed by atoms with Crippen LogP contribution in [0.1, 0.15) is 95.0 Å². The summed E-state index contributed by atoms with van der Waals surface area (Å²) in [5.41, 5.74) is 18.2. The van der Waals surface area contributed by atoms with Gasteiger partial charge in [-0.15, -0.1) is 0 Å². The van der Waals surface area contributed by atoms with Gasteiger partial charge in [0, 0.05) is 40.7 Å². The van der Waals surface area contributed by atoms with Crippen molar-refractivity contribution in [2.45, 2.75) is 152 Å². The number of ether oxygens (including phenoxy) is 1. The number of nitrogens with one attached hydrogen (secondary N) is 13. The number of benzene rings is 2. The van der Waals surface area contributed by atoms with Gasteiger partial charge in [-0.2, -0.15) is 0 Å². The highest BCUT2D eigenvalue weighted by Gasteiger charge is 2.41. The number of aliphatic hydroxyl groups is 1. The molecule has 0 spiro atoms. The van der Waals surface area contributed by atoms with Crippen LogP contribution >= 0.6 is 0 Å². The van der Waals surface area contributed by atoms with E-state index in [1.165, 1.54) is 31.2 Å². The number of ketones is 1. The molecule has 104 heavy (non-hydrogen) atoms. The number of amides is 13. The highest BCUT2D eigenvalue weighted by Crippen LogP contribution is 2.22. The van der Waals surface area contributed by atoms with Crippen LogP contribution in [0.15, 0.2) is 54.7 Å². The number of carbonyl (C=O) groups is 19. The number of fused-ring (bicyclic) bond motifs is 1. The normalized spacial score (nSPS) is 22.2. The number of carboxylic acids is 4. The second-order valence-electron chi connectivity index (χ2n) is 24.2. The van der Waals surface area contributed by atoms with Gasteiger partial charge >= 0.3 is 29.8 Å². The van der Waals surface area contributed by atoms with E-state index < -0.39 is 249 Å². The molecule has 0 aliphatic carbocycles. The molecule has 1 aromatic heterocycles. The lowest BCUT2D eigenvalue weighted by Crippen LogP contribution is -2.61. The van der Waals surface area contributed by atoms with E-state index in [2.05, 4.69) is 52.8 Å². The lowest BCUT2D eigenvalue weighted by atomic mass is 9.96. The topological polar surface area (TPSA) is 673 Å². The number of hydrogen-bond acceptors (Lipinski definition) is 23. The number of para-hydroxylation sites is 2. The van der Waals surface area contributed by atoms with Gasteiger partial charge in [0.25, 0.3) is 0 Å². The first-order valence-electron chi connectivity index (χ1n) is 32.1. The number of nitrogen functional groups attached to an aromatic ring is 1. The molecule has 2 aromatic carbocycles. The Morgan fingerprint density at radius 1 is 0.577 bits per heavy atom. The molecular weight excluding hydrogens is 1380 g/mol. The van der Waals surface area contributed by atoms with Crippen LogP contribution in [0.3, 0.4) is 0 Å². The number of aliphatic hydroxyl groups excluding tert-OH is 1. The number of Topliss-reactive ketones (excluding diaryl/α,β-unsaturated/α-hetero) is 1. The van der Waals surface area contributed by atoms with E-state index in [0.29, 0.717) is 5.56 Å². The molecule has 1 aliphatic rings. The van der Waals surface area contributed by atoms with Crippen LogP contribution in [0.4, 0.5) is 5.69 Å². The third kappa shape index (κ3) is 26.7. The maximum atomic E-state index is 14.7. The molecule has 0 radical (unpaired) electrons. The number of carboxylic acid groups (broad SMARTS) is 4. The molecule has 0 saturated carbocycles. The SMILES string of the molecule is CC(Cc1c[nH]c2ccccc12)C(=O)NC(CC(N)=O)C(=O)NC(CC(=O)O)C(=O)NC1C(=O)NCC(=O)NC(CCCN)C(=O)NC(CC(=O)O)C(=O)NC(C)C(=O)NC(CC(=O)O)C(=O)NCC(=O)NC(CO)C(=O)NC(C(C)CC(=O)O)C(=O)NC(CC(=O)c2ccccc2N)C(=O)OC1C. The first kappa shape index (κ1) is 84.2. The van der Waals surface area contributed by atoms with Crippen LogP contribution in [0.2, 0.25) is 0 Å². The van der Waals surface area contributed by atoms with Crippen molar-refractivity contribution < 1.29 is 121 Å². The Bertz CT molecular complexity index is 3750. The number of hydrogen-bond donors (Lipinski definition) is 21. The number of H-pyrrole nitrogens is 1. The Morgan fingerprint density at radius 3 is 1.71 bits per heavy atom. The zero-order chi connectivity index (χ0) is 77.8. The van der Waals surface area contributed by atoms with Crippen LogP contribution in [-0.4, -0.2) is 236 Å². The number of esters is 1. The third-order valence-corrected chi connectivity index (χ3v) is 15.8. The first-order chi connectivity index (χ1) is 48.9. The van der Waals surface area contributed by atoms with Gasteiger partial charge < -0.3 is 116 Å². The third-order valence-electron chi connectivity index (χ3n) is 15.8. The number of aliphatic carboxylic acids is 4. The van der Waals surface area contributed by atoms with Crippen molar-refractivity contribution in [3.63, 3.8) is 0 Å².